The summed E-state index contributed by atoms with van der Waals surface area (Å²) in [5.41, 5.74) is 0.477. The number of likely N-dealkylation sites (tertiary alicyclic amines) is 1. The van der Waals surface area contributed by atoms with Crippen LogP contribution in [0, 0.1) is 5.92 Å². The largest absolute Gasteiger partial charge is 0.350 e. The molecule has 4 aliphatic heterocycles. The first-order chi connectivity index (χ1) is 15.0. The quantitative estimate of drug-likeness (QED) is 0.734. The zero-order valence-electron chi connectivity index (χ0n) is 17.9. The Morgan fingerprint density at radius 2 is 1.97 bits per heavy atom. The SMILES string of the molecule is CC12CCC(=O)N1c1ccccc1C(=O)N2CCC(=O)N1CCCC(C2OCCO2)C1. The summed E-state index contributed by atoms with van der Waals surface area (Å²) >= 11 is 0. The van der Waals surface area contributed by atoms with Gasteiger partial charge in [0.1, 0.15) is 5.66 Å². The van der Waals surface area contributed by atoms with Gasteiger partial charge in [-0.3, -0.25) is 19.3 Å². The molecule has 166 valence electrons. The van der Waals surface area contributed by atoms with Gasteiger partial charge in [-0.2, -0.15) is 0 Å². The number of benzene rings is 1. The number of fused-ring (bicyclic) bond motifs is 3. The van der Waals surface area contributed by atoms with E-state index in [1.54, 1.807) is 15.9 Å². The van der Waals surface area contributed by atoms with Gasteiger partial charge in [-0.05, 0) is 38.3 Å². The highest BCUT2D eigenvalue weighted by Gasteiger charge is 2.52. The summed E-state index contributed by atoms with van der Waals surface area (Å²) in [7, 11) is 0. The van der Waals surface area contributed by atoms with Gasteiger partial charge in [-0.1, -0.05) is 12.1 Å². The molecule has 0 spiro atoms. The van der Waals surface area contributed by atoms with Crippen LogP contribution in [0.25, 0.3) is 0 Å². The number of anilines is 1. The van der Waals surface area contributed by atoms with Crippen LogP contribution in [0.15, 0.2) is 24.3 Å². The van der Waals surface area contributed by atoms with E-state index in [1.165, 1.54) is 0 Å². The van der Waals surface area contributed by atoms with Gasteiger partial charge in [0, 0.05) is 38.4 Å². The Morgan fingerprint density at radius 3 is 2.77 bits per heavy atom. The Hall–Kier alpha value is -2.45. The van der Waals surface area contributed by atoms with Gasteiger partial charge in [0.2, 0.25) is 11.8 Å². The normalized spacial score (nSPS) is 28.8. The molecular formula is C23H29N3O5. The molecule has 1 aromatic rings. The molecule has 3 saturated heterocycles. The lowest BCUT2D eigenvalue weighted by Gasteiger charge is -2.48. The van der Waals surface area contributed by atoms with Crippen molar-refractivity contribution in [3.8, 4) is 0 Å². The van der Waals surface area contributed by atoms with Gasteiger partial charge >= 0.3 is 0 Å². The lowest BCUT2D eigenvalue weighted by Crippen LogP contribution is -2.62. The molecule has 5 rings (SSSR count). The number of carbonyl (C=O) groups is 3. The maximum atomic E-state index is 13.3. The lowest BCUT2D eigenvalue weighted by atomic mass is 9.96. The zero-order valence-corrected chi connectivity index (χ0v) is 17.9. The monoisotopic (exact) mass is 427 g/mol. The third-order valence-electron chi connectivity index (χ3n) is 7.14. The highest BCUT2D eigenvalue weighted by Crippen LogP contribution is 2.44. The molecule has 0 aromatic heterocycles. The van der Waals surface area contributed by atoms with E-state index in [4.69, 9.17) is 9.47 Å². The molecule has 0 aliphatic carbocycles. The van der Waals surface area contributed by atoms with Crippen LogP contribution in [0.3, 0.4) is 0 Å². The van der Waals surface area contributed by atoms with Gasteiger partial charge in [0.25, 0.3) is 5.91 Å². The van der Waals surface area contributed by atoms with E-state index in [1.807, 2.05) is 30.0 Å². The predicted molar refractivity (Wildman–Crippen MR) is 112 cm³/mol. The molecule has 0 radical (unpaired) electrons. The van der Waals surface area contributed by atoms with Crippen molar-refractivity contribution >= 4 is 23.4 Å². The average Bonchev–Trinajstić information content (AvgIpc) is 3.42. The number of rotatable bonds is 4. The van der Waals surface area contributed by atoms with Crippen molar-refractivity contribution in [2.45, 2.75) is 51.0 Å². The second kappa shape index (κ2) is 7.91. The number of para-hydroxylation sites is 1. The van der Waals surface area contributed by atoms with Crippen LogP contribution in [-0.2, 0) is 19.1 Å². The molecule has 8 nitrogen and oxygen atoms in total. The topological polar surface area (TPSA) is 79.4 Å². The highest BCUT2D eigenvalue weighted by atomic mass is 16.7. The average molecular weight is 428 g/mol. The van der Waals surface area contributed by atoms with Crippen LogP contribution in [0.4, 0.5) is 5.69 Å². The van der Waals surface area contributed by atoms with E-state index in [9.17, 15) is 14.4 Å². The molecule has 3 amide bonds. The van der Waals surface area contributed by atoms with Gasteiger partial charge < -0.3 is 19.3 Å². The molecule has 0 saturated carbocycles. The number of amides is 3. The zero-order chi connectivity index (χ0) is 21.6. The predicted octanol–water partition coefficient (Wildman–Crippen LogP) is 1.99. The summed E-state index contributed by atoms with van der Waals surface area (Å²) in [5.74, 6) is 0.147. The summed E-state index contributed by atoms with van der Waals surface area (Å²) in [6, 6.07) is 7.25. The van der Waals surface area contributed by atoms with Crippen molar-refractivity contribution in [1.82, 2.24) is 9.80 Å². The molecule has 1 aromatic carbocycles. The first-order valence-electron chi connectivity index (χ1n) is 11.2. The first-order valence-corrected chi connectivity index (χ1v) is 11.2. The molecule has 0 N–H and O–H groups in total. The van der Waals surface area contributed by atoms with Crippen molar-refractivity contribution < 1.29 is 23.9 Å². The van der Waals surface area contributed by atoms with E-state index in [-0.39, 0.29) is 36.4 Å². The molecule has 3 fully saturated rings. The second-order valence-electron chi connectivity index (χ2n) is 9.02. The summed E-state index contributed by atoms with van der Waals surface area (Å²) in [6.07, 6.45) is 2.92. The van der Waals surface area contributed by atoms with E-state index in [0.717, 1.165) is 19.4 Å². The van der Waals surface area contributed by atoms with Crippen LogP contribution < -0.4 is 4.90 Å². The Balaban J connectivity index is 1.30. The molecule has 2 unspecified atom stereocenters. The van der Waals surface area contributed by atoms with Crippen LogP contribution in [0.2, 0.25) is 0 Å². The van der Waals surface area contributed by atoms with Crippen molar-refractivity contribution in [3.63, 3.8) is 0 Å². The Bertz CT molecular complexity index is 899. The Morgan fingerprint density at radius 1 is 1.19 bits per heavy atom. The number of ether oxygens (including phenoxy) is 2. The van der Waals surface area contributed by atoms with E-state index in [0.29, 0.717) is 50.4 Å². The summed E-state index contributed by atoms with van der Waals surface area (Å²) in [5, 5.41) is 0. The van der Waals surface area contributed by atoms with E-state index < -0.39 is 5.66 Å². The third-order valence-corrected chi connectivity index (χ3v) is 7.14. The second-order valence-corrected chi connectivity index (χ2v) is 9.02. The maximum Gasteiger partial charge on any atom is 0.257 e. The van der Waals surface area contributed by atoms with Crippen LogP contribution in [0.5, 0.6) is 0 Å². The lowest BCUT2D eigenvalue weighted by molar-refractivity contribution is -0.139. The van der Waals surface area contributed by atoms with E-state index >= 15 is 0 Å². The van der Waals surface area contributed by atoms with Gasteiger partial charge in [0.15, 0.2) is 6.29 Å². The summed E-state index contributed by atoms with van der Waals surface area (Å²) in [6.45, 7) is 4.80. The molecule has 8 heteroatoms. The Labute approximate surface area is 182 Å². The molecular weight excluding hydrogens is 398 g/mol. The number of piperidine rings is 1. The van der Waals surface area contributed by atoms with Crippen molar-refractivity contribution in [3.05, 3.63) is 29.8 Å². The van der Waals surface area contributed by atoms with Crippen molar-refractivity contribution in [2.75, 3.05) is 37.7 Å². The molecule has 2 atom stereocenters. The van der Waals surface area contributed by atoms with Crippen molar-refractivity contribution in [2.24, 2.45) is 5.92 Å². The number of hydrogen-bond acceptors (Lipinski definition) is 5. The van der Waals surface area contributed by atoms with Crippen LogP contribution in [0.1, 0.15) is 49.4 Å². The van der Waals surface area contributed by atoms with Gasteiger partial charge in [-0.25, -0.2) is 0 Å². The number of carbonyl (C=O) groups excluding carboxylic acids is 3. The molecule has 4 aliphatic rings. The standard InChI is InChI=1S/C23H29N3O5/c1-23-10-8-20(28)26(23)18-7-3-2-6-17(18)21(29)25(23)12-9-19(27)24-11-4-5-16(15-24)22-30-13-14-31-22/h2-3,6-7,16,22H,4-5,8-15H2,1H3. The van der Waals surface area contributed by atoms with E-state index in [2.05, 4.69) is 0 Å². The molecule has 0 bridgehead atoms. The number of hydrogen-bond donors (Lipinski definition) is 0. The minimum atomic E-state index is -0.723. The van der Waals surface area contributed by atoms with Crippen molar-refractivity contribution in [1.29, 1.82) is 0 Å². The molecule has 4 heterocycles. The fourth-order valence-corrected chi connectivity index (χ4v) is 5.51. The fourth-order valence-electron chi connectivity index (χ4n) is 5.51. The third kappa shape index (κ3) is 3.42. The minimum Gasteiger partial charge on any atom is -0.350 e. The minimum absolute atomic E-state index is 0.0224. The Kier molecular flexibility index (Phi) is 5.22. The summed E-state index contributed by atoms with van der Waals surface area (Å²) in [4.78, 5) is 44.4. The smallest absolute Gasteiger partial charge is 0.257 e. The number of nitrogens with zero attached hydrogens (tertiary/aromatic N) is 3. The highest BCUT2D eigenvalue weighted by molar-refractivity contribution is 6.10. The van der Waals surface area contributed by atoms with Gasteiger partial charge in [0.05, 0.1) is 24.5 Å². The van der Waals surface area contributed by atoms with Crippen LogP contribution >= 0.6 is 0 Å². The first kappa shape index (κ1) is 20.5. The fraction of sp³-hybridized carbons (Fsp3) is 0.609. The maximum absolute atomic E-state index is 13.3. The summed E-state index contributed by atoms with van der Waals surface area (Å²) < 4.78 is 11.3. The molecule has 31 heavy (non-hydrogen) atoms. The van der Waals surface area contributed by atoms with Gasteiger partial charge in [-0.15, -0.1) is 0 Å². The van der Waals surface area contributed by atoms with Crippen LogP contribution in [-0.4, -0.2) is 72.3 Å².